The topological polar surface area (TPSA) is 53.2 Å². The van der Waals surface area contributed by atoms with Gasteiger partial charge in [0.1, 0.15) is 12.4 Å². The Kier molecular flexibility index (Phi) is 5.54. The molecule has 2 aromatic rings. The zero-order valence-electron chi connectivity index (χ0n) is 14.5. The molecule has 5 nitrogen and oxygen atoms in total. The highest BCUT2D eigenvalue weighted by molar-refractivity contribution is 5.82. The molecule has 3 rings (SSSR count). The first kappa shape index (κ1) is 16.6. The fraction of sp³-hybridized carbons (Fsp3) is 0.421. The van der Waals surface area contributed by atoms with Crippen molar-refractivity contribution in [2.24, 2.45) is 0 Å². The number of fused-ring (bicyclic) bond motifs is 1. The van der Waals surface area contributed by atoms with Gasteiger partial charge in [-0.25, -0.2) is 0 Å². The molecule has 0 spiro atoms. The van der Waals surface area contributed by atoms with E-state index in [-0.39, 0.29) is 0 Å². The third-order valence-corrected chi connectivity index (χ3v) is 4.35. The molecule has 2 heterocycles. The first-order chi connectivity index (χ1) is 11.8. The molecule has 0 aliphatic carbocycles. The van der Waals surface area contributed by atoms with Gasteiger partial charge in [-0.15, -0.1) is 0 Å². The second-order valence-electron chi connectivity index (χ2n) is 6.01. The van der Waals surface area contributed by atoms with Crippen LogP contribution >= 0.6 is 0 Å². The Morgan fingerprint density at radius 3 is 3.21 bits per heavy atom. The molecule has 1 aliphatic heterocycles. The van der Waals surface area contributed by atoms with Crippen molar-refractivity contribution in [3.05, 3.63) is 48.4 Å². The smallest absolute Gasteiger partial charge is 0.114 e. The lowest BCUT2D eigenvalue weighted by Gasteiger charge is -2.38. The van der Waals surface area contributed by atoms with Gasteiger partial charge in [0.05, 0.1) is 17.8 Å². The lowest BCUT2D eigenvalue weighted by molar-refractivity contribution is 0.192. The first-order valence-electron chi connectivity index (χ1n) is 8.68. The van der Waals surface area contributed by atoms with Crippen molar-refractivity contribution in [3.8, 4) is 0 Å². The Hall–Kier alpha value is -2.27. The Balaban J connectivity index is 1.72. The summed E-state index contributed by atoms with van der Waals surface area (Å²) in [6.07, 6.45) is 9.09. The molecule has 1 unspecified atom stereocenters. The van der Waals surface area contributed by atoms with Crippen molar-refractivity contribution in [2.75, 3.05) is 31.1 Å². The predicted molar refractivity (Wildman–Crippen MR) is 99.2 cm³/mol. The summed E-state index contributed by atoms with van der Waals surface area (Å²) >= 11 is 0. The van der Waals surface area contributed by atoms with Crippen LogP contribution in [0, 0.1) is 0 Å². The van der Waals surface area contributed by atoms with Gasteiger partial charge in [0.2, 0.25) is 0 Å². The van der Waals surface area contributed by atoms with Crippen molar-refractivity contribution in [1.29, 1.82) is 0 Å². The van der Waals surface area contributed by atoms with Crippen LogP contribution in [0.25, 0.3) is 10.9 Å². The highest BCUT2D eigenvalue weighted by Gasteiger charge is 2.23. The molecular formula is C19H26N4O. The van der Waals surface area contributed by atoms with Gasteiger partial charge in [-0.3, -0.25) is 5.10 Å². The Morgan fingerprint density at radius 2 is 2.38 bits per heavy atom. The van der Waals surface area contributed by atoms with E-state index in [0.29, 0.717) is 12.6 Å². The van der Waals surface area contributed by atoms with Gasteiger partial charge in [0.25, 0.3) is 0 Å². The number of piperazine rings is 1. The van der Waals surface area contributed by atoms with Gasteiger partial charge in [-0.05, 0) is 43.7 Å². The van der Waals surface area contributed by atoms with Crippen LogP contribution in [0.5, 0.6) is 0 Å². The molecule has 2 N–H and O–H groups in total. The number of aromatic amines is 1. The van der Waals surface area contributed by atoms with E-state index in [1.165, 1.54) is 5.69 Å². The lowest BCUT2D eigenvalue weighted by atomic mass is 10.1. The van der Waals surface area contributed by atoms with Gasteiger partial charge in [0.15, 0.2) is 0 Å². The minimum absolute atomic E-state index is 0.313. The van der Waals surface area contributed by atoms with Gasteiger partial charge in [-0.2, -0.15) is 5.10 Å². The van der Waals surface area contributed by atoms with E-state index in [9.17, 15) is 0 Å². The van der Waals surface area contributed by atoms with E-state index in [1.54, 1.807) is 0 Å². The predicted octanol–water partition coefficient (Wildman–Crippen LogP) is 3.23. The third-order valence-electron chi connectivity index (χ3n) is 4.35. The quantitative estimate of drug-likeness (QED) is 0.632. The molecule has 1 aromatic heterocycles. The lowest BCUT2D eigenvalue weighted by Crippen LogP contribution is -2.53. The summed E-state index contributed by atoms with van der Waals surface area (Å²) in [5.74, 6) is 0.938. The Bertz CT molecular complexity index is 719. The summed E-state index contributed by atoms with van der Waals surface area (Å²) < 4.78 is 6.03. The zero-order chi connectivity index (χ0) is 16.8. The first-order valence-corrected chi connectivity index (χ1v) is 8.68. The summed E-state index contributed by atoms with van der Waals surface area (Å²) in [4.78, 5) is 2.43. The van der Waals surface area contributed by atoms with E-state index in [4.69, 9.17) is 4.74 Å². The maximum atomic E-state index is 6.03. The fourth-order valence-electron chi connectivity index (χ4n) is 3.01. The average Bonchev–Trinajstić information content (AvgIpc) is 3.10. The van der Waals surface area contributed by atoms with Crippen LogP contribution in [-0.4, -0.2) is 42.5 Å². The molecular weight excluding hydrogens is 300 g/mol. The minimum atomic E-state index is 0.313. The standard InChI is InChI=1S/C19H26N4O/c1-3-5-6-18(4-2)24-14-17-13-20-9-10-23(17)16-7-8-19-15(11-16)12-21-22-19/h4-8,11-12,17,20H,3,9-10,13-14H2,1-2H3,(H,21,22)/b6-5-,18-4+. The Morgan fingerprint density at radius 1 is 1.46 bits per heavy atom. The number of anilines is 1. The number of aromatic nitrogens is 2. The monoisotopic (exact) mass is 326 g/mol. The van der Waals surface area contributed by atoms with Gasteiger partial charge in [0, 0.05) is 30.7 Å². The minimum Gasteiger partial charge on any atom is -0.492 e. The van der Waals surface area contributed by atoms with Gasteiger partial charge >= 0.3 is 0 Å². The molecule has 1 aromatic carbocycles. The molecule has 0 amide bonds. The molecule has 0 bridgehead atoms. The van der Waals surface area contributed by atoms with Crippen molar-refractivity contribution >= 4 is 16.6 Å². The average molecular weight is 326 g/mol. The SMILES string of the molecule is C/C=C(\C=C/CC)OCC1CNCCN1c1ccc2[nH]ncc2c1. The van der Waals surface area contributed by atoms with E-state index < -0.39 is 0 Å². The maximum absolute atomic E-state index is 6.03. The van der Waals surface area contributed by atoms with Crippen LogP contribution in [0.1, 0.15) is 20.3 Å². The van der Waals surface area contributed by atoms with Crippen molar-refractivity contribution < 1.29 is 4.74 Å². The summed E-state index contributed by atoms with van der Waals surface area (Å²) in [7, 11) is 0. The molecule has 1 aliphatic rings. The van der Waals surface area contributed by atoms with Crippen molar-refractivity contribution in [3.63, 3.8) is 0 Å². The highest BCUT2D eigenvalue weighted by Crippen LogP contribution is 2.23. The normalized spacial score (nSPS) is 19.3. The molecule has 0 saturated carbocycles. The molecule has 1 saturated heterocycles. The van der Waals surface area contributed by atoms with Crippen molar-refractivity contribution in [1.82, 2.24) is 15.5 Å². The van der Waals surface area contributed by atoms with Crippen LogP contribution in [0.15, 0.2) is 48.4 Å². The number of hydrogen-bond acceptors (Lipinski definition) is 4. The van der Waals surface area contributed by atoms with Crippen molar-refractivity contribution in [2.45, 2.75) is 26.3 Å². The van der Waals surface area contributed by atoms with Crippen LogP contribution < -0.4 is 10.2 Å². The summed E-state index contributed by atoms with van der Waals surface area (Å²) in [6.45, 7) is 7.71. The number of benzene rings is 1. The number of hydrogen-bond donors (Lipinski definition) is 2. The third kappa shape index (κ3) is 3.79. The molecule has 0 radical (unpaired) electrons. The number of ether oxygens (including phenoxy) is 1. The molecule has 1 fully saturated rings. The van der Waals surface area contributed by atoms with E-state index in [0.717, 1.165) is 42.7 Å². The number of nitrogens with one attached hydrogen (secondary N) is 2. The molecule has 24 heavy (non-hydrogen) atoms. The van der Waals surface area contributed by atoms with E-state index in [1.807, 2.05) is 19.2 Å². The summed E-state index contributed by atoms with van der Waals surface area (Å²) in [5.41, 5.74) is 2.30. The maximum Gasteiger partial charge on any atom is 0.114 e. The zero-order valence-corrected chi connectivity index (χ0v) is 14.5. The largest absolute Gasteiger partial charge is 0.492 e. The second kappa shape index (κ2) is 8.02. The van der Waals surface area contributed by atoms with Gasteiger partial charge in [-0.1, -0.05) is 13.0 Å². The van der Waals surface area contributed by atoms with Crippen LogP contribution in [0.4, 0.5) is 5.69 Å². The van der Waals surface area contributed by atoms with E-state index >= 15 is 0 Å². The number of H-pyrrole nitrogens is 1. The summed E-state index contributed by atoms with van der Waals surface area (Å²) in [6, 6.07) is 6.77. The number of allylic oxidation sites excluding steroid dienone is 3. The molecule has 5 heteroatoms. The van der Waals surface area contributed by atoms with Gasteiger partial charge < -0.3 is 15.0 Å². The second-order valence-corrected chi connectivity index (χ2v) is 6.01. The molecule has 1 atom stereocenters. The Labute approximate surface area is 143 Å². The van der Waals surface area contributed by atoms with Crippen LogP contribution in [0.3, 0.4) is 0 Å². The molecule has 128 valence electrons. The highest BCUT2D eigenvalue weighted by atomic mass is 16.5. The fourth-order valence-corrected chi connectivity index (χ4v) is 3.01. The van der Waals surface area contributed by atoms with E-state index in [2.05, 4.69) is 57.7 Å². The number of nitrogens with zero attached hydrogens (tertiary/aromatic N) is 2. The van der Waals surface area contributed by atoms with Crippen LogP contribution in [-0.2, 0) is 4.74 Å². The van der Waals surface area contributed by atoms with Crippen LogP contribution in [0.2, 0.25) is 0 Å². The number of rotatable bonds is 6. The summed E-state index contributed by atoms with van der Waals surface area (Å²) in [5, 5.41) is 11.7.